The van der Waals surface area contributed by atoms with Crippen molar-refractivity contribution in [1.29, 1.82) is 0 Å². The van der Waals surface area contributed by atoms with Crippen molar-refractivity contribution in [3.63, 3.8) is 0 Å². The number of rotatable bonds is 6. The third-order valence-corrected chi connectivity index (χ3v) is 1.62. The summed E-state index contributed by atoms with van der Waals surface area (Å²) in [7, 11) is 0. The molecule has 1 amide bonds. The maximum Gasteiger partial charge on any atom is 0.223 e. The van der Waals surface area contributed by atoms with E-state index >= 15 is 0 Å². The van der Waals surface area contributed by atoms with Crippen molar-refractivity contribution in [2.75, 3.05) is 13.2 Å². The Morgan fingerprint density at radius 3 is 2.77 bits per heavy atom. The second-order valence-corrected chi connectivity index (χ2v) is 2.64. The van der Waals surface area contributed by atoms with Gasteiger partial charge < -0.3 is 10.1 Å². The fourth-order valence-corrected chi connectivity index (χ4v) is 0.837. The Balaban J connectivity index is 3.56. The molecule has 3 heteroatoms. The number of carbonyl (C=O) groups excluding carboxylic acids is 1. The van der Waals surface area contributed by atoms with Gasteiger partial charge in [0.2, 0.25) is 5.91 Å². The summed E-state index contributed by atoms with van der Waals surface area (Å²) in [5.74, 6) is 2.46. The number of hydrogen-bond donors (Lipinski definition) is 1. The lowest BCUT2D eigenvalue weighted by molar-refractivity contribution is -0.122. The van der Waals surface area contributed by atoms with E-state index < -0.39 is 0 Å². The zero-order valence-corrected chi connectivity index (χ0v) is 8.30. The summed E-state index contributed by atoms with van der Waals surface area (Å²) in [6.07, 6.45) is 6.33. The van der Waals surface area contributed by atoms with E-state index in [1.807, 2.05) is 13.8 Å². The van der Waals surface area contributed by atoms with E-state index in [-0.39, 0.29) is 11.9 Å². The summed E-state index contributed by atoms with van der Waals surface area (Å²) in [5.41, 5.74) is 0. The van der Waals surface area contributed by atoms with Crippen LogP contribution in [-0.4, -0.2) is 25.2 Å². The zero-order chi connectivity index (χ0) is 10.1. The molecule has 1 unspecified atom stereocenters. The van der Waals surface area contributed by atoms with Gasteiger partial charge >= 0.3 is 0 Å². The Bertz CT molecular complexity index is 184. The van der Waals surface area contributed by atoms with Gasteiger partial charge in [-0.1, -0.05) is 12.8 Å². The van der Waals surface area contributed by atoms with Gasteiger partial charge in [-0.25, -0.2) is 0 Å². The van der Waals surface area contributed by atoms with Gasteiger partial charge in [0.1, 0.15) is 0 Å². The van der Waals surface area contributed by atoms with E-state index in [1.165, 1.54) is 0 Å². The van der Waals surface area contributed by atoms with Crippen LogP contribution in [-0.2, 0) is 9.53 Å². The molecule has 0 saturated heterocycles. The third kappa shape index (κ3) is 6.18. The van der Waals surface area contributed by atoms with Crippen molar-refractivity contribution >= 4 is 5.91 Å². The lowest BCUT2D eigenvalue weighted by Crippen LogP contribution is -2.33. The highest BCUT2D eigenvalue weighted by molar-refractivity contribution is 5.76. The molecule has 74 valence electrons. The lowest BCUT2D eigenvalue weighted by atomic mass is 10.2. The smallest absolute Gasteiger partial charge is 0.223 e. The number of terminal acetylenes is 1. The number of amides is 1. The van der Waals surface area contributed by atoms with Gasteiger partial charge in [0.15, 0.2) is 0 Å². The predicted molar refractivity (Wildman–Crippen MR) is 52.2 cm³/mol. The first-order valence-electron chi connectivity index (χ1n) is 4.57. The zero-order valence-electron chi connectivity index (χ0n) is 8.30. The molecule has 0 fully saturated rings. The van der Waals surface area contributed by atoms with Gasteiger partial charge in [0.05, 0.1) is 12.6 Å². The molecule has 0 aliphatic rings. The standard InChI is InChI=1S/C10H17NO2/c1-4-9(5-2)11-10(12)7-8-13-6-3/h1,9H,5-8H2,2-3H3,(H,11,12). The molecular formula is C10H17NO2. The van der Waals surface area contributed by atoms with Crippen molar-refractivity contribution in [3.05, 3.63) is 0 Å². The molecule has 0 aliphatic heterocycles. The number of ether oxygens (including phenoxy) is 1. The minimum Gasteiger partial charge on any atom is -0.381 e. The molecular weight excluding hydrogens is 166 g/mol. The number of carbonyl (C=O) groups is 1. The van der Waals surface area contributed by atoms with E-state index in [1.54, 1.807) is 0 Å². The summed E-state index contributed by atoms with van der Waals surface area (Å²) < 4.78 is 5.04. The maximum atomic E-state index is 11.2. The number of nitrogens with one attached hydrogen (secondary N) is 1. The fourth-order valence-electron chi connectivity index (χ4n) is 0.837. The van der Waals surface area contributed by atoms with Crippen molar-refractivity contribution in [1.82, 2.24) is 5.32 Å². The molecule has 0 radical (unpaired) electrons. The first-order valence-corrected chi connectivity index (χ1v) is 4.57. The van der Waals surface area contributed by atoms with Crippen LogP contribution in [0, 0.1) is 12.3 Å². The van der Waals surface area contributed by atoms with E-state index in [0.29, 0.717) is 19.6 Å². The van der Waals surface area contributed by atoms with Gasteiger partial charge in [-0.05, 0) is 13.3 Å². The monoisotopic (exact) mass is 183 g/mol. The van der Waals surface area contributed by atoms with Gasteiger partial charge in [0, 0.05) is 13.0 Å². The van der Waals surface area contributed by atoms with Crippen molar-refractivity contribution in [3.8, 4) is 12.3 Å². The highest BCUT2D eigenvalue weighted by atomic mass is 16.5. The summed E-state index contributed by atoms with van der Waals surface area (Å²) in [5, 5.41) is 2.72. The van der Waals surface area contributed by atoms with Crippen LogP contribution < -0.4 is 5.32 Å². The molecule has 1 N–H and O–H groups in total. The molecule has 13 heavy (non-hydrogen) atoms. The second kappa shape index (κ2) is 7.63. The molecule has 0 heterocycles. The molecule has 0 aliphatic carbocycles. The second-order valence-electron chi connectivity index (χ2n) is 2.64. The summed E-state index contributed by atoms with van der Waals surface area (Å²) >= 11 is 0. The van der Waals surface area contributed by atoms with Gasteiger partial charge in [-0.15, -0.1) is 6.42 Å². The van der Waals surface area contributed by atoms with Gasteiger partial charge in [-0.3, -0.25) is 4.79 Å². The Morgan fingerprint density at radius 1 is 1.62 bits per heavy atom. The van der Waals surface area contributed by atoms with E-state index in [0.717, 1.165) is 6.42 Å². The maximum absolute atomic E-state index is 11.2. The SMILES string of the molecule is C#CC(CC)NC(=O)CCOCC. The van der Waals surface area contributed by atoms with Crippen LogP contribution in [0.4, 0.5) is 0 Å². The van der Waals surface area contributed by atoms with Crippen LogP contribution in [0.1, 0.15) is 26.7 Å². The van der Waals surface area contributed by atoms with E-state index in [9.17, 15) is 4.79 Å². The first-order chi connectivity index (χ1) is 6.24. The molecule has 0 saturated carbocycles. The average molecular weight is 183 g/mol. The highest BCUT2D eigenvalue weighted by Gasteiger charge is 2.06. The van der Waals surface area contributed by atoms with Crippen LogP contribution in [0.25, 0.3) is 0 Å². The van der Waals surface area contributed by atoms with Crippen LogP contribution >= 0.6 is 0 Å². The van der Waals surface area contributed by atoms with Crippen LogP contribution in [0.5, 0.6) is 0 Å². The Kier molecular flexibility index (Phi) is 7.04. The van der Waals surface area contributed by atoms with Gasteiger partial charge in [0.25, 0.3) is 0 Å². The molecule has 1 atom stereocenters. The van der Waals surface area contributed by atoms with Crippen LogP contribution in [0.3, 0.4) is 0 Å². The Labute approximate surface area is 79.8 Å². The quantitative estimate of drug-likeness (QED) is 0.491. The predicted octanol–water partition coefficient (Wildman–Crippen LogP) is 0.941. The molecule has 0 spiro atoms. The molecule has 0 bridgehead atoms. The third-order valence-electron chi connectivity index (χ3n) is 1.62. The minimum absolute atomic E-state index is 0.0433. The minimum atomic E-state index is -0.144. The van der Waals surface area contributed by atoms with Gasteiger partial charge in [-0.2, -0.15) is 0 Å². The normalized spacial score (nSPS) is 11.8. The first kappa shape index (κ1) is 12.0. The molecule has 0 aromatic rings. The largest absolute Gasteiger partial charge is 0.381 e. The lowest BCUT2D eigenvalue weighted by Gasteiger charge is -2.10. The van der Waals surface area contributed by atoms with Crippen molar-refractivity contribution < 1.29 is 9.53 Å². The molecule has 0 rings (SSSR count). The van der Waals surface area contributed by atoms with Crippen LogP contribution in [0.2, 0.25) is 0 Å². The number of hydrogen-bond acceptors (Lipinski definition) is 2. The molecule has 0 aromatic carbocycles. The summed E-state index contributed by atoms with van der Waals surface area (Å²) in [6.45, 7) is 4.94. The van der Waals surface area contributed by atoms with E-state index in [2.05, 4.69) is 11.2 Å². The summed E-state index contributed by atoms with van der Waals surface area (Å²) in [4.78, 5) is 11.2. The average Bonchev–Trinajstić information content (AvgIpc) is 2.14. The van der Waals surface area contributed by atoms with E-state index in [4.69, 9.17) is 11.2 Å². The molecule has 0 aromatic heterocycles. The molecule has 3 nitrogen and oxygen atoms in total. The fraction of sp³-hybridized carbons (Fsp3) is 0.700. The highest BCUT2D eigenvalue weighted by Crippen LogP contribution is 1.90. The Morgan fingerprint density at radius 2 is 2.31 bits per heavy atom. The van der Waals surface area contributed by atoms with Crippen molar-refractivity contribution in [2.45, 2.75) is 32.7 Å². The Hall–Kier alpha value is -1.01. The van der Waals surface area contributed by atoms with Crippen molar-refractivity contribution in [2.24, 2.45) is 0 Å². The topological polar surface area (TPSA) is 38.3 Å². The van der Waals surface area contributed by atoms with Crippen LogP contribution in [0.15, 0.2) is 0 Å². The summed E-state index contributed by atoms with van der Waals surface area (Å²) in [6, 6.07) is -0.144.